The lowest BCUT2D eigenvalue weighted by Gasteiger charge is -2.25. The SMILES string of the molecule is CCCCCCCc1ccc(-c2ccc(C3CCC(C)CC3=O)cc2)cc1. The molecule has 0 heterocycles. The maximum atomic E-state index is 12.3. The summed E-state index contributed by atoms with van der Waals surface area (Å²) in [5.41, 5.74) is 5.14. The van der Waals surface area contributed by atoms with E-state index in [-0.39, 0.29) is 5.92 Å². The van der Waals surface area contributed by atoms with Crippen molar-refractivity contribution in [3.05, 3.63) is 59.7 Å². The first-order chi connectivity index (χ1) is 13.2. The first-order valence-corrected chi connectivity index (χ1v) is 10.9. The number of hydrogen-bond donors (Lipinski definition) is 0. The smallest absolute Gasteiger partial charge is 0.140 e. The van der Waals surface area contributed by atoms with Crippen LogP contribution in [0.1, 0.15) is 82.3 Å². The number of carbonyl (C=O) groups is 1. The first-order valence-electron chi connectivity index (χ1n) is 10.9. The Bertz CT molecular complexity index is 711. The van der Waals surface area contributed by atoms with Crippen LogP contribution in [0.25, 0.3) is 11.1 Å². The fraction of sp³-hybridized carbons (Fsp3) is 0.500. The number of hydrogen-bond acceptors (Lipinski definition) is 1. The van der Waals surface area contributed by atoms with Crippen molar-refractivity contribution in [2.45, 2.75) is 77.6 Å². The highest BCUT2D eigenvalue weighted by molar-refractivity contribution is 5.86. The van der Waals surface area contributed by atoms with Gasteiger partial charge in [-0.25, -0.2) is 0 Å². The van der Waals surface area contributed by atoms with Crippen LogP contribution < -0.4 is 0 Å². The largest absolute Gasteiger partial charge is 0.299 e. The lowest BCUT2D eigenvalue weighted by molar-refractivity contribution is -0.123. The number of aryl methyl sites for hydroxylation is 1. The molecule has 0 radical (unpaired) electrons. The van der Waals surface area contributed by atoms with Gasteiger partial charge in [0.15, 0.2) is 0 Å². The first kappa shape index (κ1) is 19.9. The Morgan fingerprint density at radius 1 is 0.815 bits per heavy atom. The molecule has 2 aromatic rings. The van der Waals surface area contributed by atoms with Gasteiger partial charge in [0.2, 0.25) is 0 Å². The predicted molar refractivity (Wildman–Crippen MR) is 115 cm³/mol. The Kier molecular flexibility index (Phi) is 7.26. The van der Waals surface area contributed by atoms with Gasteiger partial charge in [0.25, 0.3) is 0 Å². The van der Waals surface area contributed by atoms with E-state index in [1.54, 1.807) is 0 Å². The lowest BCUT2D eigenvalue weighted by Crippen LogP contribution is -2.21. The van der Waals surface area contributed by atoms with E-state index in [0.29, 0.717) is 11.7 Å². The second-order valence-corrected chi connectivity index (χ2v) is 8.39. The van der Waals surface area contributed by atoms with E-state index < -0.39 is 0 Å². The third kappa shape index (κ3) is 5.54. The van der Waals surface area contributed by atoms with Crippen LogP contribution in [0, 0.1) is 5.92 Å². The third-order valence-electron chi connectivity index (χ3n) is 6.06. The second kappa shape index (κ2) is 9.88. The van der Waals surface area contributed by atoms with E-state index in [2.05, 4.69) is 62.4 Å². The van der Waals surface area contributed by atoms with Crippen molar-refractivity contribution in [1.29, 1.82) is 0 Å². The van der Waals surface area contributed by atoms with Crippen LogP contribution in [0.15, 0.2) is 48.5 Å². The van der Waals surface area contributed by atoms with Crippen molar-refractivity contribution in [2.24, 2.45) is 5.92 Å². The van der Waals surface area contributed by atoms with Crippen molar-refractivity contribution in [1.82, 2.24) is 0 Å². The Morgan fingerprint density at radius 3 is 2.07 bits per heavy atom. The van der Waals surface area contributed by atoms with E-state index in [4.69, 9.17) is 0 Å². The van der Waals surface area contributed by atoms with Crippen LogP contribution in [0.3, 0.4) is 0 Å². The second-order valence-electron chi connectivity index (χ2n) is 8.39. The normalized spacial score (nSPS) is 20.0. The van der Waals surface area contributed by atoms with Crippen LogP contribution in [0.4, 0.5) is 0 Å². The lowest BCUT2D eigenvalue weighted by atomic mass is 9.78. The van der Waals surface area contributed by atoms with Gasteiger partial charge in [-0.15, -0.1) is 0 Å². The standard InChI is InChI=1S/C26H34O/c1-3-4-5-6-7-8-21-10-12-22(13-11-21)23-14-16-24(17-15-23)25-18-9-20(2)19-26(25)27/h10-17,20,25H,3-9,18-19H2,1-2H3. The van der Waals surface area contributed by atoms with Crippen molar-refractivity contribution in [2.75, 3.05) is 0 Å². The molecule has 2 aromatic carbocycles. The fourth-order valence-electron chi connectivity index (χ4n) is 4.26. The number of rotatable bonds is 8. The quantitative estimate of drug-likeness (QED) is 0.449. The summed E-state index contributed by atoms with van der Waals surface area (Å²) in [5.74, 6) is 1.09. The number of unbranched alkanes of at least 4 members (excludes halogenated alkanes) is 4. The van der Waals surface area contributed by atoms with Crippen LogP contribution in [0.2, 0.25) is 0 Å². The molecule has 1 nitrogen and oxygen atoms in total. The van der Waals surface area contributed by atoms with Crippen molar-refractivity contribution < 1.29 is 4.79 Å². The van der Waals surface area contributed by atoms with Gasteiger partial charge in [-0.05, 0) is 53.9 Å². The molecule has 0 amide bonds. The minimum atomic E-state index is 0.116. The van der Waals surface area contributed by atoms with Crippen LogP contribution in [0.5, 0.6) is 0 Å². The molecule has 0 aromatic heterocycles. The Balaban J connectivity index is 1.57. The summed E-state index contributed by atoms with van der Waals surface area (Å²) in [5, 5.41) is 0. The molecular formula is C26H34O. The molecule has 2 atom stereocenters. The molecule has 27 heavy (non-hydrogen) atoms. The summed E-state index contributed by atoms with van der Waals surface area (Å²) in [6.45, 7) is 4.45. The highest BCUT2D eigenvalue weighted by atomic mass is 16.1. The highest BCUT2D eigenvalue weighted by Crippen LogP contribution is 2.33. The van der Waals surface area contributed by atoms with Gasteiger partial charge < -0.3 is 0 Å². The van der Waals surface area contributed by atoms with Crippen LogP contribution in [-0.2, 0) is 11.2 Å². The monoisotopic (exact) mass is 362 g/mol. The van der Waals surface area contributed by atoms with Gasteiger partial charge in [0.05, 0.1) is 0 Å². The van der Waals surface area contributed by atoms with Gasteiger partial charge in [-0.2, -0.15) is 0 Å². The van der Waals surface area contributed by atoms with Gasteiger partial charge >= 0.3 is 0 Å². The molecule has 0 saturated heterocycles. The fourth-order valence-corrected chi connectivity index (χ4v) is 4.26. The van der Waals surface area contributed by atoms with E-state index in [1.165, 1.54) is 60.8 Å². The molecule has 1 fully saturated rings. The molecule has 0 N–H and O–H groups in total. The predicted octanol–water partition coefficient (Wildman–Crippen LogP) is 7.34. The highest BCUT2D eigenvalue weighted by Gasteiger charge is 2.27. The molecule has 1 aliphatic rings. The Labute approximate surface area is 165 Å². The van der Waals surface area contributed by atoms with Crippen molar-refractivity contribution in [3.63, 3.8) is 0 Å². The number of benzene rings is 2. The number of Topliss-reactive ketones (excluding diaryl/α,β-unsaturated/α-hetero) is 1. The average Bonchev–Trinajstić information content (AvgIpc) is 2.69. The topological polar surface area (TPSA) is 17.1 Å². The van der Waals surface area contributed by atoms with E-state index >= 15 is 0 Å². The summed E-state index contributed by atoms with van der Waals surface area (Å²) in [6.07, 6.45) is 10.8. The third-order valence-corrected chi connectivity index (χ3v) is 6.06. The van der Waals surface area contributed by atoms with E-state index in [9.17, 15) is 4.79 Å². The molecule has 144 valence electrons. The minimum Gasteiger partial charge on any atom is -0.299 e. The van der Waals surface area contributed by atoms with Crippen molar-refractivity contribution >= 4 is 5.78 Å². The summed E-state index contributed by atoms with van der Waals surface area (Å²) in [4.78, 5) is 12.3. The minimum absolute atomic E-state index is 0.116. The summed E-state index contributed by atoms with van der Waals surface area (Å²) < 4.78 is 0. The molecule has 2 unspecified atom stereocenters. The number of ketones is 1. The van der Waals surface area contributed by atoms with E-state index in [1.807, 2.05) is 0 Å². The molecule has 1 saturated carbocycles. The van der Waals surface area contributed by atoms with Gasteiger partial charge in [-0.1, -0.05) is 88.1 Å². The zero-order valence-electron chi connectivity index (χ0n) is 17.0. The molecule has 3 rings (SSSR count). The molecule has 1 heteroatoms. The Morgan fingerprint density at radius 2 is 1.44 bits per heavy atom. The van der Waals surface area contributed by atoms with Gasteiger partial charge in [-0.3, -0.25) is 4.79 Å². The van der Waals surface area contributed by atoms with Gasteiger partial charge in [0.1, 0.15) is 5.78 Å². The van der Waals surface area contributed by atoms with Crippen LogP contribution >= 0.6 is 0 Å². The molecule has 1 aliphatic carbocycles. The zero-order chi connectivity index (χ0) is 19.1. The maximum Gasteiger partial charge on any atom is 0.140 e. The average molecular weight is 363 g/mol. The van der Waals surface area contributed by atoms with Crippen molar-refractivity contribution in [3.8, 4) is 11.1 Å². The maximum absolute atomic E-state index is 12.3. The van der Waals surface area contributed by atoms with Crippen LogP contribution in [-0.4, -0.2) is 5.78 Å². The van der Waals surface area contributed by atoms with E-state index in [0.717, 1.165) is 19.3 Å². The Hall–Kier alpha value is -1.89. The summed E-state index contributed by atoms with van der Waals surface area (Å²) in [7, 11) is 0. The zero-order valence-corrected chi connectivity index (χ0v) is 17.0. The molecule has 0 bridgehead atoms. The molecule has 0 spiro atoms. The number of carbonyl (C=O) groups excluding carboxylic acids is 1. The summed E-state index contributed by atoms with van der Waals surface area (Å²) >= 11 is 0. The molecule has 0 aliphatic heterocycles. The van der Waals surface area contributed by atoms with Gasteiger partial charge in [0, 0.05) is 12.3 Å². The summed E-state index contributed by atoms with van der Waals surface area (Å²) in [6, 6.07) is 17.7. The molecular weight excluding hydrogens is 328 g/mol.